The van der Waals surface area contributed by atoms with Gasteiger partial charge in [0, 0.05) is 17.9 Å². The molecule has 0 bridgehead atoms. The summed E-state index contributed by atoms with van der Waals surface area (Å²) in [7, 11) is 0. The molecule has 0 aliphatic rings. The molecule has 0 unspecified atom stereocenters. The highest BCUT2D eigenvalue weighted by atomic mass is 19.4. The molecule has 0 amide bonds. The minimum atomic E-state index is -4.39. The lowest BCUT2D eigenvalue weighted by Gasteiger charge is -2.14. The Morgan fingerprint density at radius 1 is 1.14 bits per heavy atom. The summed E-state index contributed by atoms with van der Waals surface area (Å²) in [5.74, 6) is 0. The van der Waals surface area contributed by atoms with Crippen LogP contribution in [0.2, 0.25) is 0 Å². The van der Waals surface area contributed by atoms with Crippen molar-refractivity contribution in [3.63, 3.8) is 0 Å². The molecule has 108 valence electrons. The molecule has 2 aromatic carbocycles. The standard InChI is InChI=1S/C15H12F3N3/c16-15(17,18)13-4-2-1-3-10(13)9-21-12-5-6-14(20)11(7-12)8-19/h1-7,21H,9,20H2. The van der Waals surface area contributed by atoms with E-state index in [1.54, 1.807) is 12.1 Å². The van der Waals surface area contributed by atoms with E-state index in [0.717, 1.165) is 6.07 Å². The maximum absolute atomic E-state index is 12.9. The second kappa shape index (κ2) is 5.75. The van der Waals surface area contributed by atoms with Crippen LogP contribution >= 0.6 is 0 Å². The van der Waals surface area contributed by atoms with Gasteiger partial charge in [-0.25, -0.2) is 0 Å². The van der Waals surface area contributed by atoms with Crippen molar-refractivity contribution >= 4 is 11.4 Å². The molecule has 0 aliphatic carbocycles. The number of halogens is 3. The average Bonchev–Trinajstić information content (AvgIpc) is 2.45. The Bertz CT molecular complexity index is 687. The van der Waals surface area contributed by atoms with Gasteiger partial charge >= 0.3 is 6.18 Å². The number of anilines is 2. The molecule has 2 aromatic rings. The van der Waals surface area contributed by atoms with Crippen molar-refractivity contribution in [2.24, 2.45) is 0 Å². The summed E-state index contributed by atoms with van der Waals surface area (Å²) >= 11 is 0. The third-order valence-electron chi connectivity index (χ3n) is 2.98. The third kappa shape index (κ3) is 3.45. The van der Waals surface area contributed by atoms with E-state index in [1.165, 1.54) is 24.3 Å². The van der Waals surface area contributed by atoms with Crippen LogP contribution in [0.1, 0.15) is 16.7 Å². The van der Waals surface area contributed by atoms with Gasteiger partial charge in [-0.15, -0.1) is 0 Å². The highest BCUT2D eigenvalue weighted by Gasteiger charge is 2.32. The molecular weight excluding hydrogens is 279 g/mol. The molecule has 0 aromatic heterocycles. The van der Waals surface area contributed by atoms with Gasteiger partial charge in [0.15, 0.2) is 0 Å². The predicted octanol–water partition coefficient (Wildman–Crippen LogP) is 3.77. The third-order valence-corrected chi connectivity index (χ3v) is 2.98. The van der Waals surface area contributed by atoms with Crippen molar-refractivity contribution in [1.29, 1.82) is 5.26 Å². The zero-order valence-electron chi connectivity index (χ0n) is 10.9. The predicted molar refractivity (Wildman–Crippen MR) is 74.3 cm³/mol. The monoisotopic (exact) mass is 291 g/mol. The van der Waals surface area contributed by atoms with Crippen LogP contribution in [-0.4, -0.2) is 0 Å². The van der Waals surface area contributed by atoms with Gasteiger partial charge in [-0.2, -0.15) is 18.4 Å². The van der Waals surface area contributed by atoms with Crippen molar-refractivity contribution in [2.45, 2.75) is 12.7 Å². The summed E-state index contributed by atoms with van der Waals surface area (Å²) in [4.78, 5) is 0. The number of benzene rings is 2. The molecule has 0 saturated heterocycles. The van der Waals surface area contributed by atoms with Gasteiger partial charge < -0.3 is 11.1 Å². The number of nitriles is 1. The number of alkyl halides is 3. The second-order valence-electron chi connectivity index (χ2n) is 4.42. The second-order valence-corrected chi connectivity index (χ2v) is 4.42. The largest absolute Gasteiger partial charge is 0.416 e. The van der Waals surface area contributed by atoms with Gasteiger partial charge in [0.1, 0.15) is 6.07 Å². The molecule has 21 heavy (non-hydrogen) atoms. The van der Waals surface area contributed by atoms with Crippen molar-refractivity contribution in [1.82, 2.24) is 0 Å². The van der Waals surface area contributed by atoms with Gasteiger partial charge in [-0.05, 0) is 29.8 Å². The first-order valence-electron chi connectivity index (χ1n) is 6.10. The fraction of sp³-hybridized carbons (Fsp3) is 0.133. The van der Waals surface area contributed by atoms with E-state index in [1.807, 2.05) is 6.07 Å². The lowest BCUT2D eigenvalue weighted by Crippen LogP contribution is -2.11. The Labute approximate surface area is 119 Å². The highest BCUT2D eigenvalue weighted by Crippen LogP contribution is 2.32. The van der Waals surface area contributed by atoms with Crippen LogP contribution in [0.3, 0.4) is 0 Å². The molecule has 0 atom stereocenters. The van der Waals surface area contributed by atoms with E-state index in [9.17, 15) is 13.2 Å². The quantitative estimate of drug-likeness (QED) is 0.846. The fourth-order valence-electron chi connectivity index (χ4n) is 1.91. The molecule has 3 nitrogen and oxygen atoms in total. The van der Waals surface area contributed by atoms with Crippen LogP contribution in [0.15, 0.2) is 42.5 Å². The summed E-state index contributed by atoms with van der Waals surface area (Å²) in [6.07, 6.45) is -4.39. The van der Waals surface area contributed by atoms with Crippen LogP contribution in [0.25, 0.3) is 0 Å². The molecule has 0 aliphatic heterocycles. The zero-order valence-corrected chi connectivity index (χ0v) is 10.9. The Morgan fingerprint density at radius 2 is 1.86 bits per heavy atom. The first-order chi connectivity index (χ1) is 9.91. The van der Waals surface area contributed by atoms with Crippen LogP contribution in [0, 0.1) is 11.3 Å². The van der Waals surface area contributed by atoms with Gasteiger partial charge in [-0.1, -0.05) is 18.2 Å². The van der Waals surface area contributed by atoms with Crippen molar-refractivity contribution < 1.29 is 13.2 Å². The lowest BCUT2D eigenvalue weighted by molar-refractivity contribution is -0.138. The molecule has 0 spiro atoms. The van der Waals surface area contributed by atoms with Crippen LogP contribution in [0.5, 0.6) is 0 Å². The molecule has 2 rings (SSSR count). The molecule has 0 radical (unpaired) electrons. The minimum absolute atomic E-state index is 0.00443. The number of hydrogen-bond donors (Lipinski definition) is 2. The smallest absolute Gasteiger partial charge is 0.398 e. The number of nitrogens with zero attached hydrogens (tertiary/aromatic N) is 1. The Hall–Kier alpha value is -2.68. The zero-order chi connectivity index (χ0) is 15.5. The first-order valence-corrected chi connectivity index (χ1v) is 6.10. The molecule has 0 saturated carbocycles. The lowest BCUT2D eigenvalue weighted by atomic mass is 10.1. The SMILES string of the molecule is N#Cc1cc(NCc2ccccc2C(F)(F)F)ccc1N. The average molecular weight is 291 g/mol. The van der Waals surface area contributed by atoms with Crippen molar-refractivity contribution in [3.8, 4) is 6.07 Å². The summed E-state index contributed by atoms with van der Waals surface area (Å²) in [5.41, 5.74) is 6.21. The Morgan fingerprint density at radius 3 is 2.52 bits per heavy atom. The summed E-state index contributed by atoms with van der Waals surface area (Å²) < 4.78 is 38.6. The number of nitrogens with two attached hydrogens (primary N) is 1. The molecule has 0 fully saturated rings. The van der Waals surface area contributed by atoms with E-state index in [-0.39, 0.29) is 17.7 Å². The summed E-state index contributed by atoms with van der Waals surface area (Å²) in [6, 6.07) is 11.9. The molecule has 6 heteroatoms. The number of rotatable bonds is 3. The van der Waals surface area contributed by atoms with E-state index < -0.39 is 11.7 Å². The van der Waals surface area contributed by atoms with Crippen LogP contribution < -0.4 is 11.1 Å². The molecule has 3 N–H and O–H groups in total. The topological polar surface area (TPSA) is 61.8 Å². The van der Waals surface area contributed by atoms with E-state index in [0.29, 0.717) is 11.4 Å². The highest BCUT2D eigenvalue weighted by molar-refractivity contribution is 5.62. The van der Waals surface area contributed by atoms with Gasteiger partial charge in [0.2, 0.25) is 0 Å². The minimum Gasteiger partial charge on any atom is -0.398 e. The van der Waals surface area contributed by atoms with E-state index in [4.69, 9.17) is 11.0 Å². The summed E-state index contributed by atoms with van der Waals surface area (Å²) in [6.45, 7) is 0.00443. The van der Waals surface area contributed by atoms with Gasteiger partial charge in [-0.3, -0.25) is 0 Å². The summed E-state index contributed by atoms with van der Waals surface area (Å²) in [5, 5.41) is 11.7. The number of nitrogens with one attached hydrogen (secondary N) is 1. The maximum atomic E-state index is 12.9. The van der Waals surface area contributed by atoms with Crippen molar-refractivity contribution in [3.05, 3.63) is 59.2 Å². The molecule has 0 heterocycles. The van der Waals surface area contributed by atoms with Crippen LogP contribution in [0.4, 0.5) is 24.5 Å². The Kier molecular flexibility index (Phi) is 4.03. The van der Waals surface area contributed by atoms with Crippen LogP contribution in [-0.2, 0) is 12.7 Å². The van der Waals surface area contributed by atoms with E-state index in [2.05, 4.69) is 5.32 Å². The van der Waals surface area contributed by atoms with Gasteiger partial charge in [0.25, 0.3) is 0 Å². The maximum Gasteiger partial charge on any atom is 0.416 e. The van der Waals surface area contributed by atoms with E-state index >= 15 is 0 Å². The number of hydrogen-bond acceptors (Lipinski definition) is 3. The van der Waals surface area contributed by atoms with Crippen molar-refractivity contribution in [2.75, 3.05) is 11.1 Å². The molecular formula is C15H12F3N3. The number of nitrogen functional groups attached to an aromatic ring is 1. The normalized spacial score (nSPS) is 11.0. The Balaban J connectivity index is 2.20. The fourth-order valence-corrected chi connectivity index (χ4v) is 1.91. The van der Waals surface area contributed by atoms with Gasteiger partial charge in [0.05, 0.1) is 11.1 Å². The first kappa shape index (κ1) is 14.7.